The normalized spacial score (nSPS) is 21.6. The van der Waals surface area contributed by atoms with E-state index >= 15 is 0 Å². The van der Waals surface area contributed by atoms with Crippen LogP contribution in [0, 0.1) is 3.57 Å². The molecular weight excluding hydrogens is 427 g/mol. The zero-order valence-electron chi connectivity index (χ0n) is 14.3. The molecule has 0 fully saturated rings. The molecule has 1 spiro atoms. The molecule has 0 N–H and O–H groups in total. The van der Waals surface area contributed by atoms with E-state index in [0.29, 0.717) is 0 Å². The number of hydrogen-bond acceptors (Lipinski definition) is 0. The van der Waals surface area contributed by atoms with Gasteiger partial charge in [-0.15, -0.1) is 0 Å². The topological polar surface area (TPSA) is 0 Å². The van der Waals surface area contributed by atoms with E-state index in [-0.39, 0.29) is 5.41 Å². The van der Waals surface area contributed by atoms with Crippen molar-refractivity contribution >= 4 is 28.2 Å². The van der Waals surface area contributed by atoms with Gasteiger partial charge in [0.05, 0.1) is 5.41 Å². The summed E-state index contributed by atoms with van der Waals surface area (Å²) >= 11 is 2.46. The first-order valence-corrected chi connectivity index (χ1v) is 10.3. The molecule has 0 nitrogen and oxygen atoms in total. The molecule has 3 aliphatic rings. The second-order valence-corrected chi connectivity index (χ2v) is 8.61. The van der Waals surface area contributed by atoms with Crippen molar-refractivity contribution in [1.29, 1.82) is 0 Å². The summed E-state index contributed by atoms with van der Waals surface area (Å²) in [6.07, 6.45) is 6.97. The first-order chi connectivity index (χ1) is 12.8. The Morgan fingerprint density at radius 3 is 2.27 bits per heavy atom. The molecule has 124 valence electrons. The number of fused-ring (bicyclic) bond motifs is 9. The minimum absolute atomic E-state index is 0.107. The second kappa shape index (κ2) is 5.20. The molecule has 0 radical (unpaired) electrons. The van der Waals surface area contributed by atoms with Gasteiger partial charge in [-0.1, -0.05) is 66.7 Å². The smallest absolute Gasteiger partial charge is 0.0688 e. The fourth-order valence-electron chi connectivity index (χ4n) is 5.38. The molecule has 3 aromatic rings. The van der Waals surface area contributed by atoms with Crippen molar-refractivity contribution in [2.24, 2.45) is 0 Å². The second-order valence-electron chi connectivity index (χ2n) is 7.36. The van der Waals surface area contributed by atoms with Crippen LogP contribution in [-0.2, 0) is 5.41 Å². The molecule has 0 bridgehead atoms. The third kappa shape index (κ3) is 1.65. The first-order valence-electron chi connectivity index (χ1n) is 9.22. The summed E-state index contributed by atoms with van der Waals surface area (Å²) in [6.45, 7) is 0. The lowest BCUT2D eigenvalue weighted by Crippen LogP contribution is -2.27. The standard InChI is InChI=1S/C25H17I/c26-16-13-14-20-19-9-3-6-12-23(19)25(24(20)15-16)21-10-4-1-7-17(21)18-8-2-5-11-22(18)25/h1-4,6-10,12-15H,5,11H2. The minimum atomic E-state index is -0.107. The highest BCUT2D eigenvalue weighted by molar-refractivity contribution is 14.1. The third-order valence-corrected chi connectivity index (χ3v) is 6.92. The molecule has 3 aliphatic carbocycles. The molecule has 0 saturated carbocycles. The number of benzene rings is 3. The summed E-state index contributed by atoms with van der Waals surface area (Å²) in [5, 5.41) is 0. The van der Waals surface area contributed by atoms with Crippen LogP contribution in [0.2, 0.25) is 0 Å². The van der Waals surface area contributed by atoms with Crippen LogP contribution in [0.5, 0.6) is 0 Å². The molecule has 0 amide bonds. The first kappa shape index (κ1) is 15.0. The van der Waals surface area contributed by atoms with Crippen molar-refractivity contribution in [3.63, 3.8) is 0 Å². The van der Waals surface area contributed by atoms with E-state index in [2.05, 4.69) is 101 Å². The van der Waals surface area contributed by atoms with E-state index in [1.807, 2.05) is 0 Å². The van der Waals surface area contributed by atoms with Gasteiger partial charge in [-0.2, -0.15) is 0 Å². The Kier molecular flexibility index (Phi) is 3.00. The van der Waals surface area contributed by atoms with Crippen LogP contribution in [0.3, 0.4) is 0 Å². The molecule has 1 atom stereocenters. The van der Waals surface area contributed by atoms with Crippen molar-refractivity contribution in [3.05, 3.63) is 110 Å². The van der Waals surface area contributed by atoms with Gasteiger partial charge in [0.15, 0.2) is 0 Å². The Balaban J connectivity index is 1.84. The van der Waals surface area contributed by atoms with Crippen LogP contribution in [-0.4, -0.2) is 0 Å². The lowest BCUT2D eigenvalue weighted by Gasteiger charge is -2.33. The molecule has 0 saturated heterocycles. The van der Waals surface area contributed by atoms with E-state index in [1.54, 1.807) is 5.57 Å². The van der Waals surface area contributed by atoms with Gasteiger partial charge in [-0.25, -0.2) is 0 Å². The van der Waals surface area contributed by atoms with E-state index in [1.165, 1.54) is 42.5 Å². The minimum Gasteiger partial charge on any atom is -0.0836 e. The molecule has 0 aromatic heterocycles. The molecule has 1 unspecified atom stereocenters. The van der Waals surface area contributed by atoms with Gasteiger partial charge in [0.1, 0.15) is 0 Å². The molecule has 3 aromatic carbocycles. The van der Waals surface area contributed by atoms with Crippen molar-refractivity contribution in [2.75, 3.05) is 0 Å². The summed E-state index contributed by atoms with van der Waals surface area (Å²) in [7, 11) is 0. The van der Waals surface area contributed by atoms with E-state index in [0.717, 1.165) is 12.8 Å². The monoisotopic (exact) mass is 444 g/mol. The molecule has 1 heteroatoms. The highest BCUT2D eigenvalue weighted by atomic mass is 127. The van der Waals surface area contributed by atoms with Gasteiger partial charge in [-0.05, 0) is 92.1 Å². The quantitative estimate of drug-likeness (QED) is 0.338. The number of rotatable bonds is 0. The van der Waals surface area contributed by atoms with E-state index in [9.17, 15) is 0 Å². The van der Waals surface area contributed by atoms with Gasteiger partial charge < -0.3 is 0 Å². The lowest BCUT2D eigenvalue weighted by molar-refractivity contribution is 0.713. The number of allylic oxidation sites excluding steroid dienone is 4. The Morgan fingerprint density at radius 2 is 1.42 bits per heavy atom. The Morgan fingerprint density at radius 1 is 0.731 bits per heavy atom. The van der Waals surface area contributed by atoms with Gasteiger partial charge in [-0.3, -0.25) is 0 Å². The van der Waals surface area contributed by atoms with Gasteiger partial charge >= 0.3 is 0 Å². The number of hydrogen-bond donors (Lipinski definition) is 0. The van der Waals surface area contributed by atoms with Crippen molar-refractivity contribution in [3.8, 4) is 11.1 Å². The zero-order chi connectivity index (χ0) is 17.3. The maximum Gasteiger partial charge on any atom is 0.0688 e. The van der Waals surface area contributed by atoms with Crippen molar-refractivity contribution in [1.82, 2.24) is 0 Å². The Bertz CT molecular complexity index is 1150. The average Bonchev–Trinajstić information content (AvgIpc) is 3.15. The predicted molar refractivity (Wildman–Crippen MR) is 116 cm³/mol. The SMILES string of the molecule is Ic1ccc2c(c1)C1(C3=C(C=CCC3)c3ccccc31)c1ccccc1-2. The highest BCUT2D eigenvalue weighted by Crippen LogP contribution is 2.63. The van der Waals surface area contributed by atoms with Crippen LogP contribution in [0.1, 0.15) is 35.1 Å². The molecule has 0 aliphatic heterocycles. The number of halogens is 1. The van der Waals surface area contributed by atoms with Gasteiger partial charge in [0.2, 0.25) is 0 Å². The fraction of sp³-hybridized carbons (Fsp3) is 0.120. The van der Waals surface area contributed by atoms with Crippen LogP contribution in [0.25, 0.3) is 16.7 Å². The predicted octanol–water partition coefficient (Wildman–Crippen LogP) is 6.72. The lowest BCUT2D eigenvalue weighted by atomic mass is 9.68. The van der Waals surface area contributed by atoms with Gasteiger partial charge in [0, 0.05) is 3.57 Å². The zero-order valence-corrected chi connectivity index (χ0v) is 16.5. The van der Waals surface area contributed by atoms with Crippen molar-refractivity contribution in [2.45, 2.75) is 18.3 Å². The summed E-state index contributed by atoms with van der Waals surface area (Å²) in [4.78, 5) is 0. The Labute approximate surface area is 167 Å². The van der Waals surface area contributed by atoms with E-state index < -0.39 is 0 Å². The Hall–Kier alpha value is -2.13. The maximum atomic E-state index is 2.46. The molecule has 0 heterocycles. The molecule has 6 rings (SSSR count). The summed E-state index contributed by atoms with van der Waals surface area (Å²) in [6, 6.07) is 25.1. The molecular formula is C25H17I. The van der Waals surface area contributed by atoms with Crippen LogP contribution in [0.4, 0.5) is 0 Å². The average molecular weight is 444 g/mol. The summed E-state index contributed by atoms with van der Waals surface area (Å²) in [5.41, 5.74) is 11.6. The van der Waals surface area contributed by atoms with Crippen LogP contribution >= 0.6 is 22.6 Å². The van der Waals surface area contributed by atoms with Crippen LogP contribution < -0.4 is 0 Å². The van der Waals surface area contributed by atoms with Gasteiger partial charge in [0.25, 0.3) is 0 Å². The van der Waals surface area contributed by atoms with E-state index in [4.69, 9.17) is 0 Å². The largest absolute Gasteiger partial charge is 0.0836 e. The fourth-order valence-corrected chi connectivity index (χ4v) is 5.87. The molecule has 26 heavy (non-hydrogen) atoms. The van der Waals surface area contributed by atoms with Crippen LogP contribution in [0.15, 0.2) is 84.5 Å². The van der Waals surface area contributed by atoms with Crippen molar-refractivity contribution < 1.29 is 0 Å². The third-order valence-electron chi connectivity index (χ3n) is 6.25. The highest BCUT2D eigenvalue weighted by Gasteiger charge is 2.52. The maximum absolute atomic E-state index is 2.46. The summed E-state index contributed by atoms with van der Waals surface area (Å²) < 4.78 is 1.31. The summed E-state index contributed by atoms with van der Waals surface area (Å²) in [5.74, 6) is 0.